The molecule has 5 rings (SSSR count). The van der Waals surface area contributed by atoms with E-state index in [2.05, 4.69) is 37.8 Å². The lowest BCUT2D eigenvalue weighted by Gasteiger charge is -2.38. The molecule has 242 valence electrons. The summed E-state index contributed by atoms with van der Waals surface area (Å²) in [5, 5.41) is 32.8. The smallest absolute Gasteiger partial charge is 0.234 e. The van der Waals surface area contributed by atoms with Gasteiger partial charge in [-0.05, 0) is 61.6 Å². The molecule has 1 aliphatic carbocycles. The molecule has 0 saturated carbocycles. The van der Waals surface area contributed by atoms with E-state index in [1.165, 1.54) is 5.56 Å². The van der Waals surface area contributed by atoms with Crippen molar-refractivity contribution in [3.63, 3.8) is 0 Å². The van der Waals surface area contributed by atoms with Crippen LogP contribution in [0.2, 0.25) is 0 Å². The molecule has 2 aromatic rings. The van der Waals surface area contributed by atoms with Crippen molar-refractivity contribution in [2.45, 2.75) is 84.4 Å². The largest absolute Gasteiger partial charge is 0.507 e. The van der Waals surface area contributed by atoms with Crippen molar-refractivity contribution >= 4 is 17.9 Å². The molecule has 7 nitrogen and oxygen atoms in total. The Morgan fingerprint density at radius 3 is 2.31 bits per heavy atom. The molecular weight excluding hydrogens is 564 g/mol. The van der Waals surface area contributed by atoms with Gasteiger partial charge in [-0.2, -0.15) is 0 Å². The average molecular weight is 615 g/mol. The molecule has 2 amide bonds. The summed E-state index contributed by atoms with van der Waals surface area (Å²) >= 11 is 0. The molecule has 2 heterocycles. The van der Waals surface area contributed by atoms with Crippen molar-refractivity contribution in [2.75, 3.05) is 19.7 Å². The number of likely N-dealkylation sites (tertiary alicyclic amines) is 2. The normalized spacial score (nSPS) is 24.1. The standard InChI is InChI=1S/C38H50N2O5/c1-4-10-26(21-28-13-8-9-14-33(28)42)15-16-34(43)35-30(25(2)3)22-31-36(32(35)24-41)38(45)40(37(31)44)29-17-19-39(20-18-29)23-27-11-6-5-7-12-27/h5-9,11-14,21,25,29,31-32,34,36,41-43H,4,10,15-20,22-24H2,1-3H3/b26-21+/t31-,32+,34-,36-/m1/s1. The molecule has 0 spiro atoms. The van der Waals surface area contributed by atoms with Gasteiger partial charge in [-0.3, -0.25) is 19.4 Å². The minimum atomic E-state index is -0.830. The van der Waals surface area contributed by atoms with Crippen molar-refractivity contribution < 1.29 is 24.9 Å². The van der Waals surface area contributed by atoms with Gasteiger partial charge in [-0.1, -0.05) is 92.9 Å². The summed E-state index contributed by atoms with van der Waals surface area (Å²) in [5.41, 5.74) is 4.91. The van der Waals surface area contributed by atoms with E-state index < -0.39 is 23.9 Å². The number of rotatable bonds is 12. The van der Waals surface area contributed by atoms with Crippen molar-refractivity contribution in [3.8, 4) is 5.75 Å². The van der Waals surface area contributed by atoms with Crippen molar-refractivity contribution in [1.82, 2.24) is 9.80 Å². The topological polar surface area (TPSA) is 101 Å². The lowest BCUT2D eigenvalue weighted by Crippen LogP contribution is -2.47. The van der Waals surface area contributed by atoms with E-state index >= 15 is 0 Å². The average Bonchev–Trinajstić information content (AvgIpc) is 3.29. The summed E-state index contributed by atoms with van der Waals surface area (Å²) in [6.07, 6.45) is 5.99. The fraction of sp³-hybridized carbons (Fsp3) is 0.526. The monoisotopic (exact) mass is 614 g/mol. The highest BCUT2D eigenvalue weighted by Crippen LogP contribution is 2.49. The number of piperidine rings is 1. The number of imide groups is 1. The number of phenols is 1. The van der Waals surface area contributed by atoms with Crippen LogP contribution < -0.4 is 0 Å². The summed E-state index contributed by atoms with van der Waals surface area (Å²) in [4.78, 5) is 31.9. The molecule has 2 aromatic carbocycles. The van der Waals surface area contributed by atoms with Gasteiger partial charge in [-0.15, -0.1) is 0 Å². The van der Waals surface area contributed by atoms with Gasteiger partial charge in [0.1, 0.15) is 5.75 Å². The number of hydrogen-bond donors (Lipinski definition) is 3. The molecule has 45 heavy (non-hydrogen) atoms. The predicted molar refractivity (Wildman–Crippen MR) is 177 cm³/mol. The Labute approximate surface area is 268 Å². The zero-order chi connectivity index (χ0) is 32.1. The molecular formula is C38H50N2O5. The summed E-state index contributed by atoms with van der Waals surface area (Å²) in [6.45, 7) is 8.48. The molecule has 0 radical (unpaired) electrons. The first kappa shape index (κ1) is 33.1. The lowest BCUT2D eigenvalue weighted by atomic mass is 9.66. The van der Waals surface area contributed by atoms with Crippen LogP contribution >= 0.6 is 0 Å². The molecule has 3 N–H and O–H groups in total. The highest BCUT2D eigenvalue weighted by atomic mass is 16.3. The van der Waals surface area contributed by atoms with E-state index in [0.29, 0.717) is 19.3 Å². The second-order valence-corrected chi connectivity index (χ2v) is 13.5. The van der Waals surface area contributed by atoms with Crippen LogP contribution in [0.1, 0.15) is 76.8 Å². The number of benzene rings is 2. The zero-order valence-corrected chi connectivity index (χ0v) is 27.1. The van der Waals surface area contributed by atoms with E-state index in [1.54, 1.807) is 17.0 Å². The van der Waals surface area contributed by atoms with Gasteiger partial charge in [0.2, 0.25) is 11.8 Å². The minimum Gasteiger partial charge on any atom is -0.507 e. The van der Waals surface area contributed by atoms with E-state index in [1.807, 2.05) is 36.4 Å². The number of carbonyl (C=O) groups excluding carboxylic acids is 2. The molecule has 2 fully saturated rings. The number of carbonyl (C=O) groups is 2. The SMILES string of the molecule is CCC/C(=C\c1ccccc1O)CC[C@@H](O)C1=C(C(C)C)C[C@H]2C(=O)N(C3CCN(Cc4ccccc4)CC3)C(=O)[C@H]2[C@H]1CO. The molecule has 7 heteroatoms. The summed E-state index contributed by atoms with van der Waals surface area (Å²) in [6, 6.07) is 17.5. The number of aliphatic hydroxyl groups is 2. The highest BCUT2D eigenvalue weighted by molar-refractivity contribution is 6.06. The number of para-hydroxylation sites is 1. The molecule has 4 atom stereocenters. The Morgan fingerprint density at radius 2 is 1.67 bits per heavy atom. The Hall–Kier alpha value is -3.26. The third-order valence-electron chi connectivity index (χ3n) is 10.2. The predicted octanol–water partition coefficient (Wildman–Crippen LogP) is 5.95. The maximum absolute atomic E-state index is 14.1. The van der Waals surface area contributed by atoms with E-state index in [-0.39, 0.29) is 36.1 Å². The van der Waals surface area contributed by atoms with Gasteiger partial charge in [0.15, 0.2) is 0 Å². The summed E-state index contributed by atoms with van der Waals surface area (Å²) < 4.78 is 0. The Kier molecular flexibility index (Phi) is 11.0. The van der Waals surface area contributed by atoms with Gasteiger partial charge >= 0.3 is 0 Å². The zero-order valence-electron chi connectivity index (χ0n) is 27.1. The van der Waals surface area contributed by atoms with E-state index in [4.69, 9.17) is 0 Å². The quantitative estimate of drug-likeness (QED) is 0.202. The molecule has 0 bridgehead atoms. The van der Waals surface area contributed by atoms with Crippen LogP contribution in [0.3, 0.4) is 0 Å². The fourth-order valence-corrected chi connectivity index (χ4v) is 7.90. The molecule has 2 aliphatic heterocycles. The summed E-state index contributed by atoms with van der Waals surface area (Å²) in [7, 11) is 0. The number of nitrogens with zero attached hydrogens (tertiary/aromatic N) is 2. The number of aliphatic hydroxyl groups excluding tert-OH is 2. The van der Waals surface area contributed by atoms with Gasteiger partial charge in [0.25, 0.3) is 0 Å². The Morgan fingerprint density at radius 1 is 0.978 bits per heavy atom. The molecule has 3 aliphatic rings. The molecule has 2 saturated heterocycles. The number of amides is 2. The number of phenolic OH excluding ortho intramolecular Hbond substituents is 1. The molecule has 0 aromatic heterocycles. The fourth-order valence-electron chi connectivity index (χ4n) is 7.90. The third-order valence-corrected chi connectivity index (χ3v) is 10.2. The van der Waals surface area contributed by atoms with E-state index in [9.17, 15) is 24.9 Å². The number of aromatic hydroxyl groups is 1. The van der Waals surface area contributed by atoms with Crippen LogP contribution in [0.4, 0.5) is 0 Å². The maximum Gasteiger partial charge on any atom is 0.234 e. The Balaban J connectivity index is 1.31. The molecule has 0 unspecified atom stereocenters. The highest BCUT2D eigenvalue weighted by Gasteiger charge is 2.56. The van der Waals surface area contributed by atoms with Crippen LogP contribution in [-0.4, -0.2) is 68.8 Å². The van der Waals surface area contributed by atoms with Crippen molar-refractivity contribution in [1.29, 1.82) is 0 Å². The van der Waals surface area contributed by atoms with Crippen molar-refractivity contribution in [2.24, 2.45) is 23.7 Å². The van der Waals surface area contributed by atoms with Gasteiger partial charge in [0, 0.05) is 37.2 Å². The van der Waals surface area contributed by atoms with Crippen LogP contribution in [0.5, 0.6) is 5.75 Å². The summed E-state index contributed by atoms with van der Waals surface area (Å²) in [5.74, 6) is -1.67. The number of fused-ring (bicyclic) bond motifs is 1. The maximum atomic E-state index is 14.1. The van der Waals surface area contributed by atoms with Gasteiger partial charge in [-0.25, -0.2) is 0 Å². The van der Waals surface area contributed by atoms with Crippen molar-refractivity contribution in [3.05, 3.63) is 82.4 Å². The van der Waals surface area contributed by atoms with E-state index in [0.717, 1.165) is 67.6 Å². The number of allylic oxidation sites excluding steroid dienone is 2. The van der Waals surface area contributed by atoms with Gasteiger partial charge in [0.05, 0.1) is 24.5 Å². The van der Waals surface area contributed by atoms with Gasteiger partial charge < -0.3 is 15.3 Å². The number of hydrogen-bond acceptors (Lipinski definition) is 6. The second-order valence-electron chi connectivity index (χ2n) is 13.5. The lowest BCUT2D eigenvalue weighted by molar-refractivity contribution is -0.144. The first-order chi connectivity index (χ1) is 21.7. The second kappa shape index (κ2) is 14.9. The van der Waals surface area contributed by atoms with Crippen LogP contribution in [0.15, 0.2) is 71.3 Å². The van der Waals surface area contributed by atoms with Crippen LogP contribution in [0.25, 0.3) is 6.08 Å². The van der Waals surface area contributed by atoms with Crippen LogP contribution in [0, 0.1) is 23.7 Å². The first-order valence-electron chi connectivity index (χ1n) is 16.9. The Bertz CT molecular complexity index is 1390. The first-order valence-corrected chi connectivity index (χ1v) is 16.9. The third kappa shape index (κ3) is 7.26. The minimum absolute atomic E-state index is 0.0785. The van der Waals surface area contributed by atoms with Crippen LogP contribution in [-0.2, 0) is 16.1 Å².